The molecular formula is C18H28N2. The quantitative estimate of drug-likeness (QED) is 0.740. The molecule has 1 aromatic rings. The van der Waals surface area contributed by atoms with Gasteiger partial charge in [-0.1, -0.05) is 37.3 Å². The van der Waals surface area contributed by atoms with Gasteiger partial charge in [-0.15, -0.1) is 0 Å². The minimum atomic E-state index is 0.553. The van der Waals surface area contributed by atoms with Crippen LogP contribution in [0.15, 0.2) is 30.3 Å². The minimum absolute atomic E-state index is 0.553. The van der Waals surface area contributed by atoms with E-state index in [1.807, 2.05) is 0 Å². The van der Waals surface area contributed by atoms with Crippen LogP contribution in [0.2, 0.25) is 0 Å². The van der Waals surface area contributed by atoms with Crippen molar-refractivity contribution in [3.05, 3.63) is 35.9 Å². The molecule has 0 saturated heterocycles. The topological polar surface area (TPSA) is 15.3 Å². The van der Waals surface area contributed by atoms with E-state index in [1.165, 1.54) is 44.3 Å². The van der Waals surface area contributed by atoms with Gasteiger partial charge in [0, 0.05) is 25.7 Å². The summed E-state index contributed by atoms with van der Waals surface area (Å²) < 4.78 is 0. The summed E-state index contributed by atoms with van der Waals surface area (Å²) in [5.41, 5.74) is 1.48. The Labute approximate surface area is 123 Å². The third kappa shape index (κ3) is 4.07. The number of hydrogen-bond acceptors (Lipinski definition) is 2. The summed E-state index contributed by atoms with van der Waals surface area (Å²) in [5.74, 6) is 1.95. The lowest BCUT2D eigenvalue weighted by atomic mass is 10.0. The van der Waals surface area contributed by atoms with Crippen LogP contribution in [-0.4, -0.2) is 31.1 Å². The van der Waals surface area contributed by atoms with Crippen molar-refractivity contribution in [1.82, 2.24) is 10.2 Å². The van der Waals surface area contributed by atoms with Crippen LogP contribution in [0.4, 0.5) is 0 Å². The van der Waals surface area contributed by atoms with Crippen molar-refractivity contribution in [3.63, 3.8) is 0 Å². The first kappa shape index (κ1) is 14.1. The molecule has 3 rings (SSSR count). The van der Waals surface area contributed by atoms with Crippen molar-refractivity contribution in [2.75, 3.05) is 26.2 Å². The second kappa shape index (κ2) is 6.73. The van der Waals surface area contributed by atoms with Gasteiger partial charge in [-0.05, 0) is 49.6 Å². The molecule has 2 fully saturated rings. The lowest BCUT2D eigenvalue weighted by Gasteiger charge is -2.32. The number of likely N-dealkylation sites (N-methyl/N-ethyl adjacent to an activating group) is 1. The number of rotatable bonds is 9. The van der Waals surface area contributed by atoms with Crippen molar-refractivity contribution >= 4 is 0 Å². The van der Waals surface area contributed by atoms with E-state index in [0.29, 0.717) is 6.04 Å². The molecule has 0 amide bonds. The number of hydrogen-bond donors (Lipinski definition) is 1. The highest BCUT2D eigenvalue weighted by Gasteiger charge is 2.32. The average molecular weight is 272 g/mol. The van der Waals surface area contributed by atoms with E-state index in [-0.39, 0.29) is 0 Å². The normalized spacial score (nSPS) is 20.3. The molecule has 1 aromatic carbocycles. The molecule has 2 aliphatic carbocycles. The van der Waals surface area contributed by atoms with Gasteiger partial charge in [0.25, 0.3) is 0 Å². The van der Waals surface area contributed by atoms with E-state index in [1.54, 1.807) is 0 Å². The Morgan fingerprint density at radius 3 is 2.15 bits per heavy atom. The van der Waals surface area contributed by atoms with E-state index in [2.05, 4.69) is 47.5 Å². The van der Waals surface area contributed by atoms with Crippen LogP contribution in [0.3, 0.4) is 0 Å². The summed E-state index contributed by atoms with van der Waals surface area (Å²) >= 11 is 0. The second-order valence-corrected chi connectivity index (χ2v) is 6.57. The maximum atomic E-state index is 3.57. The molecule has 20 heavy (non-hydrogen) atoms. The molecule has 0 spiro atoms. The molecular weight excluding hydrogens is 244 g/mol. The van der Waals surface area contributed by atoms with Gasteiger partial charge in [0.1, 0.15) is 0 Å². The van der Waals surface area contributed by atoms with Crippen LogP contribution in [0, 0.1) is 11.8 Å². The van der Waals surface area contributed by atoms with E-state index >= 15 is 0 Å². The van der Waals surface area contributed by atoms with Gasteiger partial charge in [-0.3, -0.25) is 4.90 Å². The largest absolute Gasteiger partial charge is 0.315 e. The Bertz CT molecular complexity index is 381. The predicted octanol–water partition coefficient (Wildman–Crippen LogP) is 3.46. The van der Waals surface area contributed by atoms with Gasteiger partial charge in [-0.25, -0.2) is 0 Å². The fourth-order valence-electron chi connectivity index (χ4n) is 3.01. The van der Waals surface area contributed by atoms with E-state index < -0.39 is 0 Å². The first-order valence-corrected chi connectivity index (χ1v) is 8.36. The summed E-state index contributed by atoms with van der Waals surface area (Å²) in [6.07, 6.45) is 5.79. The van der Waals surface area contributed by atoms with Crippen molar-refractivity contribution in [3.8, 4) is 0 Å². The second-order valence-electron chi connectivity index (χ2n) is 6.57. The van der Waals surface area contributed by atoms with Crippen LogP contribution in [0.25, 0.3) is 0 Å². The zero-order chi connectivity index (χ0) is 13.8. The van der Waals surface area contributed by atoms with Gasteiger partial charge >= 0.3 is 0 Å². The van der Waals surface area contributed by atoms with Gasteiger partial charge < -0.3 is 5.32 Å². The third-order valence-electron chi connectivity index (χ3n) is 4.59. The lowest BCUT2D eigenvalue weighted by Crippen LogP contribution is -2.38. The van der Waals surface area contributed by atoms with Crippen LogP contribution in [0.5, 0.6) is 0 Å². The highest BCUT2D eigenvalue weighted by molar-refractivity contribution is 5.19. The highest BCUT2D eigenvalue weighted by atomic mass is 15.2. The molecule has 2 aliphatic rings. The number of benzene rings is 1. The average Bonchev–Trinajstić information content (AvgIpc) is 3.36. The van der Waals surface area contributed by atoms with E-state index in [9.17, 15) is 0 Å². The molecule has 1 unspecified atom stereocenters. The standard InChI is InChI=1S/C18H28N2/c1-2-19-12-18(17-6-4-3-5-7-17)20(13-15-8-9-15)14-16-10-11-16/h3-7,15-16,18-19H,2,8-14H2,1H3. The van der Waals surface area contributed by atoms with Crippen LogP contribution in [0.1, 0.15) is 44.2 Å². The fourth-order valence-corrected chi connectivity index (χ4v) is 3.01. The molecule has 2 heteroatoms. The van der Waals surface area contributed by atoms with Gasteiger partial charge in [0.05, 0.1) is 0 Å². The lowest BCUT2D eigenvalue weighted by molar-refractivity contribution is 0.177. The van der Waals surface area contributed by atoms with Crippen LogP contribution >= 0.6 is 0 Å². The first-order chi connectivity index (χ1) is 9.86. The van der Waals surface area contributed by atoms with Crippen LogP contribution in [-0.2, 0) is 0 Å². The molecule has 110 valence electrons. The molecule has 0 aromatic heterocycles. The summed E-state index contributed by atoms with van der Waals surface area (Å²) in [4.78, 5) is 2.77. The summed E-state index contributed by atoms with van der Waals surface area (Å²) in [6.45, 7) is 6.96. The van der Waals surface area contributed by atoms with Crippen LogP contribution < -0.4 is 5.32 Å². The highest BCUT2D eigenvalue weighted by Crippen LogP contribution is 2.37. The maximum Gasteiger partial charge on any atom is 0.0472 e. The van der Waals surface area contributed by atoms with E-state index in [4.69, 9.17) is 0 Å². The minimum Gasteiger partial charge on any atom is -0.315 e. The van der Waals surface area contributed by atoms with Gasteiger partial charge in [0.15, 0.2) is 0 Å². The Morgan fingerprint density at radius 1 is 1.05 bits per heavy atom. The SMILES string of the molecule is CCNCC(c1ccccc1)N(CC1CC1)CC1CC1. The Kier molecular flexibility index (Phi) is 4.74. The molecule has 2 nitrogen and oxygen atoms in total. The molecule has 1 atom stereocenters. The Morgan fingerprint density at radius 2 is 1.65 bits per heavy atom. The molecule has 0 aliphatic heterocycles. The van der Waals surface area contributed by atoms with Crippen molar-refractivity contribution < 1.29 is 0 Å². The molecule has 0 radical (unpaired) electrons. The molecule has 0 bridgehead atoms. The summed E-state index contributed by atoms with van der Waals surface area (Å²) in [7, 11) is 0. The predicted molar refractivity (Wildman–Crippen MR) is 84.7 cm³/mol. The third-order valence-corrected chi connectivity index (χ3v) is 4.59. The molecule has 1 N–H and O–H groups in total. The maximum absolute atomic E-state index is 3.57. The number of nitrogens with one attached hydrogen (secondary N) is 1. The Balaban J connectivity index is 1.72. The zero-order valence-corrected chi connectivity index (χ0v) is 12.7. The van der Waals surface area contributed by atoms with Crippen molar-refractivity contribution in [2.45, 2.75) is 38.6 Å². The fraction of sp³-hybridized carbons (Fsp3) is 0.667. The Hall–Kier alpha value is -0.860. The summed E-state index contributed by atoms with van der Waals surface area (Å²) in [5, 5.41) is 3.57. The molecule has 2 saturated carbocycles. The monoisotopic (exact) mass is 272 g/mol. The molecule has 0 heterocycles. The van der Waals surface area contributed by atoms with Gasteiger partial charge in [-0.2, -0.15) is 0 Å². The zero-order valence-electron chi connectivity index (χ0n) is 12.7. The smallest absolute Gasteiger partial charge is 0.0472 e. The number of nitrogens with zero attached hydrogens (tertiary/aromatic N) is 1. The first-order valence-electron chi connectivity index (χ1n) is 8.36. The van der Waals surface area contributed by atoms with Gasteiger partial charge in [0.2, 0.25) is 0 Å². The summed E-state index contributed by atoms with van der Waals surface area (Å²) in [6, 6.07) is 11.6. The van der Waals surface area contributed by atoms with Crippen molar-refractivity contribution in [2.24, 2.45) is 11.8 Å². The van der Waals surface area contributed by atoms with E-state index in [0.717, 1.165) is 24.9 Å². The van der Waals surface area contributed by atoms with Crippen molar-refractivity contribution in [1.29, 1.82) is 0 Å².